The van der Waals surface area contributed by atoms with Crippen molar-refractivity contribution in [2.24, 2.45) is 5.92 Å². The summed E-state index contributed by atoms with van der Waals surface area (Å²) < 4.78 is 24.4. The number of halogens is 3. The van der Waals surface area contributed by atoms with Gasteiger partial charge in [0.15, 0.2) is 5.82 Å². The molecule has 1 fully saturated rings. The molecule has 0 radical (unpaired) electrons. The number of anilines is 2. The van der Waals surface area contributed by atoms with E-state index in [1.807, 2.05) is 0 Å². The number of hydrogen-bond acceptors (Lipinski definition) is 7. The smallest absolute Gasteiger partial charge is 0.294 e. The standard InChI is InChI=1S/C17H20Cl2FN5O3/c1-9-13(15(27-2)24-17(19)21-9)23-14-16(26)25(7-12(18)22-14)11(10-3-4-10)8-28-6-5-20/h7,10-11H,3-6,8H2,1-2H3,(H,22,23)/t11-/m0/s1. The first-order valence-corrected chi connectivity index (χ1v) is 9.47. The van der Waals surface area contributed by atoms with Crippen LogP contribution < -0.4 is 15.6 Å². The van der Waals surface area contributed by atoms with Gasteiger partial charge in [0, 0.05) is 6.20 Å². The van der Waals surface area contributed by atoms with E-state index >= 15 is 0 Å². The van der Waals surface area contributed by atoms with Crippen molar-refractivity contribution in [1.29, 1.82) is 0 Å². The van der Waals surface area contributed by atoms with Crippen LogP contribution in [0.25, 0.3) is 0 Å². The number of aromatic nitrogens is 4. The van der Waals surface area contributed by atoms with Crippen molar-refractivity contribution < 1.29 is 13.9 Å². The molecule has 0 bridgehead atoms. The molecule has 1 aliphatic rings. The number of methoxy groups -OCH3 is 1. The van der Waals surface area contributed by atoms with Crippen LogP contribution in [0.3, 0.4) is 0 Å². The summed E-state index contributed by atoms with van der Waals surface area (Å²) in [6.07, 6.45) is 3.41. The highest BCUT2D eigenvalue weighted by molar-refractivity contribution is 6.29. The Kier molecular flexibility index (Phi) is 6.69. The van der Waals surface area contributed by atoms with Crippen molar-refractivity contribution in [2.75, 3.05) is 32.3 Å². The van der Waals surface area contributed by atoms with E-state index in [0.717, 1.165) is 12.8 Å². The third kappa shape index (κ3) is 4.71. The first-order chi connectivity index (χ1) is 13.4. The minimum absolute atomic E-state index is 0.00374. The summed E-state index contributed by atoms with van der Waals surface area (Å²) in [6.45, 7) is 1.33. The summed E-state index contributed by atoms with van der Waals surface area (Å²) in [5.41, 5.74) is 0.457. The van der Waals surface area contributed by atoms with Crippen LogP contribution in [0, 0.1) is 12.8 Å². The molecule has 1 atom stereocenters. The Morgan fingerprint density at radius 1 is 1.36 bits per heavy atom. The quantitative estimate of drug-likeness (QED) is 0.480. The van der Waals surface area contributed by atoms with E-state index < -0.39 is 6.67 Å². The summed E-state index contributed by atoms with van der Waals surface area (Å²) in [5, 5.41) is 3.06. The van der Waals surface area contributed by atoms with E-state index in [1.165, 1.54) is 17.9 Å². The molecule has 2 aromatic heterocycles. The van der Waals surface area contributed by atoms with Crippen molar-refractivity contribution in [2.45, 2.75) is 25.8 Å². The van der Waals surface area contributed by atoms with Crippen LogP contribution in [-0.4, -0.2) is 46.5 Å². The summed E-state index contributed by atoms with van der Waals surface area (Å²) >= 11 is 12.0. The number of nitrogens with zero attached hydrogens (tertiary/aromatic N) is 4. The third-order valence-corrected chi connectivity index (χ3v) is 4.75. The summed E-state index contributed by atoms with van der Waals surface area (Å²) in [4.78, 5) is 25.2. The van der Waals surface area contributed by atoms with Gasteiger partial charge >= 0.3 is 0 Å². The highest BCUT2D eigenvalue weighted by atomic mass is 35.5. The van der Waals surface area contributed by atoms with Crippen LogP contribution in [-0.2, 0) is 4.74 Å². The molecule has 1 N–H and O–H groups in total. The predicted molar refractivity (Wildman–Crippen MR) is 104 cm³/mol. The average molecular weight is 432 g/mol. The van der Waals surface area contributed by atoms with Crippen molar-refractivity contribution in [1.82, 2.24) is 19.5 Å². The molecule has 2 aromatic rings. The van der Waals surface area contributed by atoms with E-state index in [4.69, 9.17) is 32.7 Å². The van der Waals surface area contributed by atoms with Gasteiger partial charge in [-0.1, -0.05) is 11.6 Å². The third-order valence-electron chi connectivity index (χ3n) is 4.40. The fourth-order valence-electron chi connectivity index (χ4n) is 2.91. The maximum absolute atomic E-state index is 13.1. The van der Waals surface area contributed by atoms with Crippen LogP contribution in [0.1, 0.15) is 24.6 Å². The van der Waals surface area contributed by atoms with Gasteiger partial charge in [-0.15, -0.1) is 0 Å². The van der Waals surface area contributed by atoms with Crippen LogP contribution in [0.2, 0.25) is 10.4 Å². The number of alkyl halides is 1. The van der Waals surface area contributed by atoms with Gasteiger partial charge in [-0.05, 0) is 37.3 Å². The van der Waals surface area contributed by atoms with Gasteiger partial charge in [0.2, 0.25) is 11.2 Å². The monoisotopic (exact) mass is 431 g/mol. The SMILES string of the molecule is COc1nc(Cl)nc(C)c1Nc1nc(Cl)cn([C@@H](COCCF)C2CC2)c1=O. The molecule has 11 heteroatoms. The van der Waals surface area contributed by atoms with Gasteiger partial charge in [0.1, 0.15) is 17.5 Å². The van der Waals surface area contributed by atoms with Crippen molar-refractivity contribution in [3.63, 3.8) is 0 Å². The van der Waals surface area contributed by atoms with Crippen LogP contribution in [0.5, 0.6) is 5.88 Å². The highest BCUT2D eigenvalue weighted by Gasteiger charge is 2.34. The number of aryl methyl sites for hydroxylation is 1. The topological polar surface area (TPSA) is 91.2 Å². The summed E-state index contributed by atoms with van der Waals surface area (Å²) in [5.74, 6) is 0.449. The van der Waals surface area contributed by atoms with Gasteiger partial charge in [-0.2, -0.15) is 4.98 Å². The number of rotatable bonds is 9. The van der Waals surface area contributed by atoms with Crippen molar-refractivity contribution in [3.8, 4) is 5.88 Å². The second kappa shape index (κ2) is 9.02. The first-order valence-electron chi connectivity index (χ1n) is 8.72. The van der Waals surface area contributed by atoms with Crippen LogP contribution >= 0.6 is 23.2 Å². The minimum atomic E-state index is -0.578. The van der Waals surface area contributed by atoms with Gasteiger partial charge in [-0.25, -0.2) is 14.4 Å². The van der Waals surface area contributed by atoms with Crippen molar-refractivity contribution >= 4 is 34.7 Å². The van der Waals surface area contributed by atoms with Crippen molar-refractivity contribution in [3.05, 3.63) is 32.7 Å². The highest BCUT2D eigenvalue weighted by Crippen LogP contribution is 2.39. The lowest BCUT2D eigenvalue weighted by atomic mass is 10.2. The Hall–Kier alpha value is -1.97. The van der Waals surface area contributed by atoms with Crippen LogP contribution in [0.15, 0.2) is 11.0 Å². The lowest BCUT2D eigenvalue weighted by Crippen LogP contribution is -2.31. The molecule has 0 unspecified atom stereocenters. The van der Waals surface area contributed by atoms with E-state index in [9.17, 15) is 9.18 Å². The zero-order chi connectivity index (χ0) is 20.3. The van der Waals surface area contributed by atoms with Gasteiger partial charge < -0.3 is 19.4 Å². The molecule has 152 valence electrons. The molecule has 0 amide bonds. The molecule has 28 heavy (non-hydrogen) atoms. The normalized spacial score (nSPS) is 14.8. The molecular formula is C17H20Cl2FN5O3. The van der Waals surface area contributed by atoms with E-state index in [1.54, 1.807) is 6.92 Å². The minimum Gasteiger partial charge on any atom is -0.479 e. The van der Waals surface area contributed by atoms with Gasteiger partial charge in [0.05, 0.1) is 32.1 Å². The number of nitrogens with one attached hydrogen (secondary N) is 1. The molecule has 0 aromatic carbocycles. The molecule has 0 spiro atoms. The lowest BCUT2D eigenvalue weighted by Gasteiger charge is -2.21. The Morgan fingerprint density at radius 3 is 2.75 bits per heavy atom. The maximum Gasteiger partial charge on any atom is 0.294 e. The van der Waals surface area contributed by atoms with Gasteiger partial charge in [-0.3, -0.25) is 4.79 Å². The largest absolute Gasteiger partial charge is 0.479 e. The summed E-state index contributed by atoms with van der Waals surface area (Å²) in [7, 11) is 1.43. The molecule has 1 saturated carbocycles. The molecule has 0 aliphatic heterocycles. The fourth-order valence-corrected chi connectivity index (χ4v) is 3.31. The first kappa shape index (κ1) is 20.8. The van der Waals surface area contributed by atoms with E-state index in [-0.39, 0.29) is 52.9 Å². The Balaban J connectivity index is 1.97. The number of hydrogen-bond donors (Lipinski definition) is 1. The summed E-state index contributed by atoms with van der Waals surface area (Å²) in [6, 6.07) is -0.246. The molecule has 0 saturated heterocycles. The molecular weight excluding hydrogens is 412 g/mol. The molecule has 2 heterocycles. The average Bonchev–Trinajstić information content (AvgIpc) is 3.48. The zero-order valence-corrected chi connectivity index (χ0v) is 16.9. The number of ether oxygens (including phenoxy) is 2. The Morgan fingerprint density at radius 2 is 2.11 bits per heavy atom. The maximum atomic E-state index is 13.1. The molecule has 1 aliphatic carbocycles. The predicted octanol–water partition coefficient (Wildman–Crippen LogP) is 3.34. The molecule has 3 rings (SSSR count). The van der Waals surface area contributed by atoms with Crippen LogP contribution in [0.4, 0.5) is 15.9 Å². The fraction of sp³-hybridized carbons (Fsp3) is 0.529. The van der Waals surface area contributed by atoms with E-state index in [2.05, 4.69) is 20.3 Å². The van der Waals surface area contributed by atoms with Gasteiger partial charge in [0.25, 0.3) is 5.56 Å². The van der Waals surface area contributed by atoms with E-state index in [0.29, 0.717) is 11.4 Å². The lowest BCUT2D eigenvalue weighted by molar-refractivity contribution is 0.0833. The second-order valence-corrected chi connectivity index (χ2v) is 7.11. The Bertz CT molecular complexity index is 907. The second-order valence-electron chi connectivity index (χ2n) is 6.38. The zero-order valence-electron chi connectivity index (χ0n) is 15.4. The molecule has 8 nitrogen and oxygen atoms in total. The Labute approximate surface area is 171 Å².